The van der Waals surface area contributed by atoms with E-state index in [0.717, 1.165) is 17.5 Å². The van der Waals surface area contributed by atoms with Crippen LogP contribution in [-0.4, -0.2) is 27.3 Å². The molecule has 4 nitrogen and oxygen atoms in total. The summed E-state index contributed by atoms with van der Waals surface area (Å²) in [4.78, 5) is 0.360. The average Bonchev–Trinajstić information content (AvgIpc) is 3.20. The molecule has 1 heterocycles. The Morgan fingerprint density at radius 3 is 1.88 bits per heavy atom. The van der Waals surface area contributed by atoms with Crippen molar-refractivity contribution >= 4 is 18.1 Å². The second kappa shape index (κ2) is 9.73. The van der Waals surface area contributed by atoms with Crippen LogP contribution in [0.2, 0.25) is 22.2 Å². The average molecular weight is 483 g/mol. The van der Waals surface area contributed by atoms with Gasteiger partial charge in [-0.15, -0.1) is 0 Å². The Balaban J connectivity index is 2.13. The standard InChI is InChI=1S/C27H38N2O2SSi/c1-19(2)33(20(3)4,21(5)6)26-16-27(24-12-10-23(17-28)11-13-24)29(18-26)32(30,31)25-14-8-22(7)9-15-25/h8-15,19-21,26-27H,16,18H2,1-7H3/t26-,27-/m0/s1. The van der Waals surface area contributed by atoms with Gasteiger partial charge in [-0.3, -0.25) is 0 Å². The summed E-state index contributed by atoms with van der Waals surface area (Å²) in [7, 11) is -5.52. The molecule has 0 saturated carbocycles. The van der Waals surface area contributed by atoms with E-state index in [0.29, 0.717) is 39.2 Å². The summed E-state index contributed by atoms with van der Waals surface area (Å²) >= 11 is 0. The highest BCUT2D eigenvalue weighted by Crippen LogP contribution is 2.56. The van der Waals surface area contributed by atoms with Gasteiger partial charge in [-0.05, 0) is 48.7 Å². The number of aryl methyl sites for hydroxylation is 1. The highest BCUT2D eigenvalue weighted by atomic mass is 32.2. The number of hydrogen-bond donors (Lipinski definition) is 0. The van der Waals surface area contributed by atoms with Crippen LogP contribution in [0.1, 0.15) is 70.7 Å². The van der Waals surface area contributed by atoms with Crippen LogP contribution in [0.4, 0.5) is 0 Å². The summed E-state index contributed by atoms with van der Waals surface area (Å²) in [6.07, 6.45) is 0.845. The zero-order valence-corrected chi connectivity index (χ0v) is 22.9. The molecule has 0 spiro atoms. The summed E-state index contributed by atoms with van der Waals surface area (Å²) in [6.45, 7) is 16.6. The lowest BCUT2D eigenvalue weighted by Crippen LogP contribution is -2.49. The van der Waals surface area contributed by atoms with Crippen LogP contribution in [0, 0.1) is 18.3 Å². The minimum atomic E-state index is -3.65. The molecule has 2 aromatic rings. The maximum absolute atomic E-state index is 13.9. The zero-order valence-electron chi connectivity index (χ0n) is 21.0. The van der Waals surface area contributed by atoms with Crippen molar-refractivity contribution in [2.45, 2.75) is 88.0 Å². The lowest BCUT2D eigenvalue weighted by Gasteiger charge is -2.48. The molecule has 6 heteroatoms. The molecule has 2 atom stereocenters. The Morgan fingerprint density at radius 1 is 0.909 bits per heavy atom. The first-order valence-corrected chi connectivity index (χ1v) is 15.8. The maximum Gasteiger partial charge on any atom is 0.243 e. The largest absolute Gasteiger partial charge is 0.243 e. The molecule has 0 radical (unpaired) electrons. The van der Waals surface area contributed by atoms with Crippen LogP contribution in [0.3, 0.4) is 0 Å². The van der Waals surface area contributed by atoms with Crippen molar-refractivity contribution in [1.82, 2.24) is 4.31 Å². The Kier molecular flexibility index (Phi) is 7.57. The van der Waals surface area contributed by atoms with Gasteiger partial charge in [0, 0.05) is 6.54 Å². The molecule has 33 heavy (non-hydrogen) atoms. The van der Waals surface area contributed by atoms with E-state index in [1.807, 2.05) is 31.2 Å². The van der Waals surface area contributed by atoms with E-state index in [9.17, 15) is 13.7 Å². The van der Waals surface area contributed by atoms with E-state index in [4.69, 9.17) is 0 Å². The van der Waals surface area contributed by atoms with Gasteiger partial charge in [0.25, 0.3) is 0 Å². The van der Waals surface area contributed by atoms with Gasteiger partial charge < -0.3 is 0 Å². The molecular formula is C27H38N2O2SSi. The highest BCUT2D eigenvalue weighted by molar-refractivity contribution is 7.89. The Labute approximate surface area is 201 Å². The Hall–Kier alpha value is -1.94. The van der Waals surface area contributed by atoms with Crippen molar-refractivity contribution in [3.63, 3.8) is 0 Å². The first-order valence-electron chi connectivity index (χ1n) is 12.0. The van der Waals surface area contributed by atoms with Crippen LogP contribution in [0.25, 0.3) is 0 Å². The SMILES string of the molecule is Cc1ccc(S(=O)(=O)N2C[C@@H]([Si](C(C)C)(C(C)C)C(C)C)C[C@H]2c2ccc(C#N)cc2)cc1. The van der Waals surface area contributed by atoms with Crippen LogP contribution in [0.5, 0.6) is 0 Å². The molecule has 1 fully saturated rings. The molecular weight excluding hydrogens is 444 g/mol. The number of nitrogens with zero attached hydrogens (tertiary/aromatic N) is 2. The summed E-state index contributed by atoms with van der Waals surface area (Å²) in [5, 5.41) is 9.23. The van der Waals surface area contributed by atoms with Crippen molar-refractivity contribution in [2.75, 3.05) is 6.54 Å². The van der Waals surface area contributed by atoms with Gasteiger partial charge in [0.05, 0.1) is 30.6 Å². The summed E-state index contributed by atoms with van der Waals surface area (Å²) < 4.78 is 29.6. The summed E-state index contributed by atoms with van der Waals surface area (Å²) in [5.41, 5.74) is 4.67. The smallest absolute Gasteiger partial charge is 0.207 e. The van der Waals surface area contributed by atoms with E-state index in [2.05, 4.69) is 47.6 Å². The van der Waals surface area contributed by atoms with Gasteiger partial charge in [-0.1, -0.05) is 88.0 Å². The topological polar surface area (TPSA) is 61.2 Å². The summed E-state index contributed by atoms with van der Waals surface area (Å²) in [6, 6.07) is 16.6. The molecule has 0 unspecified atom stereocenters. The second-order valence-electron chi connectivity index (χ2n) is 10.5. The van der Waals surface area contributed by atoms with Crippen LogP contribution >= 0.6 is 0 Å². The number of benzene rings is 2. The van der Waals surface area contributed by atoms with E-state index in [1.54, 1.807) is 28.6 Å². The first-order chi connectivity index (χ1) is 15.5. The first kappa shape index (κ1) is 25.7. The lowest BCUT2D eigenvalue weighted by molar-refractivity contribution is 0.396. The van der Waals surface area contributed by atoms with Crippen molar-refractivity contribution < 1.29 is 8.42 Å². The minimum Gasteiger partial charge on any atom is -0.207 e. The van der Waals surface area contributed by atoms with Crippen molar-refractivity contribution in [3.05, 3.63) is 65.2 Å². The molecule has 0 N–H and O–H groups in total. The number of rotatable bonds is 7. The monoisotopic (exact) mass is 482 g/mol. The van der Waals surface area contributed by atoms with Gasteiger partial charge in [-0.2, -0.15) is 9.57 Å². The van der Waals surface area contributed by atoms with E-state index in [-0.39, 0.29) is 6.04 Å². The van der Waals surface area contributed by atoms with Gasteiger partial charge in [-0.25, -0.2) is 8.42 Å². The van der Waals surface area contributed by atoms with Crippen LogP contribution < -0.4 is 0 Å². The Bertz CT molecular complexity index is 1080. The molecule has 1 aliphatic rings. The molecule has 2 aromatic carbocycles. The molecule has 0 amide bonds. The van der Waals surface area contributed by atoms with E-state index >= 15 is 0 Å². The highest BCUT2D eigenvalue weighted by Gasteiger charge is 2.54. The van der Waals surface area contributed by atoms with Gasteiger partial charge in [0.2, 0.25) is 10.0 Å². The van der Waals surface area contributed by atoms with E-state index in [1.165, 1.54) is 0 Å². The van der Waals surface area contributed by atoms with Gasteiger partial charge in [0.1, 0.15) is 0 Å². The predicted molar refractivity (Wildman–Crippen MR) is 138 cm³/mol. The third kappa shape index (κ3) is 4.56. The van der Waals surface area contributed by atoms with Crippen molar-refractivity contribution in [1.29, 1.82) is 5.26 Å². The molecule has 178 valence electrons. The van der Waals surface area contributed by atoms with Crippen molar-refractivity contribution in [3.8, 4) is 6.07 Å². The van der Waals surface area contributed by atoms with Gasteiger partial charge in [0.15, 0.2) is 0 Å². The van der Waals surface area contributed by atoms with Crippen molar-refractivity contribution in [2.24, 2.45) is 0 Å². The molecule has 3 rings (SSSR count). The number of hydrogen-bond acceptors (Lipinski definition) is 3. The summed E-state index contributed by atoms with van der Waals surface area (Å²) in [5.74, 6) is 0. The molecule has 0 aromatic heterocycles. The Morgan fingerprint density at radius 2 is 1.42 bits per heavy atom. The molecule has 0 aliphatic carbocycles. The fourth-order valence-electron chi connectivity index (χ4n) is 6.78. The third-order valence-corrected chi connectivity index (χ3v) is 17.7. The molecule has 0 bridgehead atoms. The van der Waals surface area contributed by atoms with Gasteiger partial charge >= 0.3 is 0 Å². The number of nitriles is 1. The fraction of sp³-hybridized carbons (Fsp3) is 0.519. The number of sulfonamides is 1. The van der Waals surface area contributed by atoms with E-state index < -0.39 is 18.1 Å². The van der Waals surface area contributed by atoms with Crippen LogP contribution in [0.15, 0.2) is 53.4 Å². The second-order valence-corrected chi connectivity index (χ2v) is 18.7. The minimum absolute atomic E-state index is 0.211. The van der Waals surface area contributed by atoms with Crippen LogP contribution in [-0.2, 0) is 10.0 Å². The predicted octanol–water partition coefficient (Wildman–Crippen LogP) is 7.05. The molecule has 1 saturated heterocycles. The fourth-order valence-corrected chi connectivity index (χ4v) is 16.6. The normalized spacial score (nSPS) is 20.0. The zero-order chi connectivity index (χ0) is 24.6. The quantitative estimate of drug-likeness (QED) is 0.397. The molecule has 1 aliphatic heterocycles. The lowest BCUT2D eigenvalue weighted by atomic mass is 10.0. The third-order valence-electron chi connectivity index (χ3n) is 8.01. The maximum atomic E-state index is 13.9.